The maximum Gasteiger partial charge on any atom is 0.161 e. The van der Waals surface area contributed by atoms with E-state index in [2.05, 4.69) is 47.1 Å². The molecular weight excluding hydrogens is 445 g/mol. The molecule has 0 atom stereocenters. The van der Waals surface area contributed by atoms with E-state index < -0.39 is 5.82 Å². The first-order chi connectivity index (χ1) is 17.1. The summed E-state index contributed by atoms with van der Waals surface area (Å²) in [6.07, 6.45) is 10.3. The molecule has 0 radical (unpaired) electrons. The number of halogens is 1. The summed E-state index contributed by atoms with van der Waals surface area (Å²) >= 11 is 0. The van der Waals surface area contributed by atoms with Crippen molar-refractivity contribution in [2.75, 3.05) is 50.1 Å². The zero-order chi connectivity index (χ0) is 24.4. The number of aliphatic imine (C=N–C) groups is 2. The van der Waals surface area contributed by atoms with Crippen LogP contribution in [0.5, 0.6) is 0 Å². The zero-order valence-electron chi connectivity index (χ0n) is 20.1. The van der Waals surface area contributed by atoms with Crippen LogP contribution in [0.25, 0.3) is 16.6 Å². The molecule has 0 aromatic carbocycles. The van der Waals surface area contributed by atoms with Gasteiger partial charge in [-0.1, -0.05) is 12.2 Å². The molecule has 0 bridgehead atoms. The maximum atomic E-state index is 15.9. The maximum absolute atomic E-state index is 15.9. The first-order valence-electron chi connectivity index (χ1n) is 11.7. The normalized spacial score (nSPS) is 17.3. The highest BCUT2D eigenvalue weighted by molar-refractivity contribution is 6.17. The van der Waals surface area contributed by atoms with Crippen molar-refractivity contribution in [2.45, 2.75) is 13.8 Å². The highest BCUT2D eigenvalue weighted by atomic mass is 19.1. The number of pyridine rings is 2. The van der Waals surface area contributed by atoms with Gasteiger partial charge in [0, 0.05) is 50.4 Å². The summed E-state index contributed by atoms with van der Waals surface area (Å²) in [6.45, 7) is 7.70. The molecule has 5 rings (SSSR count). The third-order valence-electron chi connectivity index (χ3n) is 6.20. The number of aromatic nitrogens is 4. The number of fused-ring (bicyclic) bond motifs is 2. The van der Waals surface area contributed by atoms with E-state index in [0.29, 0.717) is 35.0 Å². The minimum absolute atomic E-state index is 0.215. The molecule has 2 N–H and O–H groups in total. The molecule has 3 aromatic heterocycles. The van der Waals surface area contributed by atoms with Gasteiger partial charge < -0.3 is 20.1 Å². The number of aromatic amines is 1. The molecule has 2 aliphatic heterocycles. The lowest BCUT2D eigenvalue weighted by atomic mass is 10.0. The number of imidazole rings is 1. The van der Waals surface area contributed by atoms with Crippen LogP contribution in [0.15, 0.2) is 46.8 Å². The number of piperazine rings is 1. The second-order valence-electron chi connectivity index (χ2n) is 8.46. The van der Waals surface area contributed by atoms with Crippen molar-refractivity contribution in [2.24, 2.45) is 9.98 Å². The van der Waals surface area contributed by atoms with Crippen LogP contribution < -0.4 is 10.2 Å². The highest BCUT2D eigenvalue weighted by Crippen LogP contribution is 2.30. The number of H-pyrrole nitrogens is 1. The van der Waals surface area contributed by atoms with Crippen LogP contribution in [0.1, 0.15) is 30.9 Å². The van der Waals surface area contributed by atoms with Gasteiger partial charge in [-0.3, -0.25) is 15.0 Å². The van der Waals surface area contributed by atoms with E-state index in [9.17, 15) is 0 Å². The van der Waals surface area contributed by atoms with Crippen LogP contribution in [-0.4, -0.2) is 76.7 Å². The van der Waals surface area contributed by atoms with Crippen molar-refractivity contribution < 1.29 is 4.39 Å². The molecule has 0 saturated carbocycles. The second kappa shape index (κ2) is 9.75. The van der Waals surface area contributed by atoms with Gasteiger partial charge in [-0.2, -0.15) is 0 Å². The smallest absolute Gasteiger partial charge is 0.161 e. The summed E-state index contributed by atoms with van der Waals surface area (Å²) in [7, 11) is 2.12. The van der Waals surface area contributed by atoms with Crippen LogP contribution in [0.3, 0.4) is 0 Å². The Balaban J connectivity index is 1.57. The van der Waals surface area contributed by atoms with E-state index in [-0.39, 0.29) is 5.69 Å². The number of likely N-dealkylation sites (N-methyl/N-ethyl adjacent to an activating group) is 1. The molecule has 9 nitrogen and oxygen atoms in total. The van der Waals surface area contributed by atoms with Crippen LogP contribution in [0, 0.1) is 5.82 Å². The minimum atomic E-state index is -0.466. The average molecular weight is 474 g/mol. The van der Waals surface area contributed by atoms with Gasteiger partial charge in [0.15, 0.2) is 17.5 Å². The molecule has 3 aromatic rings. The van der Waals surface area contributed by atoms with Gasteiger partial charge in [-0.25, -0.2) is 14.4 Å². The summed E-state index contributed by atoms with van der Waals surface area (Å²) in [5.74, 6) is 0.873. The van der Waals surface area contributed by atoms with Crippen LogP contribution in [-0.2, 0) is 0 Å². The molecule has 1 saturated heterocycles. The highest BCUT2D eigenvalue weighted by Gasteiger charge is 2.27. The summed E-state index contributed by atoms with van der Waals surface area (Å²) in [4.78, 5) is 30.5. The van der Waals surface area contributed by atoms with E-state index >= 15 is 4.39 Å². The first kappa shape index (κ1) is 22.9. The first-order valence-corrected chi connectivity index (χ1v) is 11.7. The van der Waals surface area contributed by atoms with Gasteiger partial charge >= 0.3 is 0 Å². The zero-order valence-corrected chi connectivity index (χ0v) is 20.1. The Bertz CT molecular complexity index is 1360. The molecule has 5 heterocycles. The molecule has 0 amide bonds. The minimum Gasteiger partial charge on any atom is -0.364 e. The molecule has 0 aliphatic carbocycles. The topological polar surface area (TPSA) is 97.7 Å². The number of hydrogen-bond acceptors (Lipinski definition) is 8. The lowest BCUT2D eigenvalue weighted by Gasteiger charge is -2.33. The lowest BCUT2D eigenvalue weighted by Crippen LogP contribution is -2.44. The monoisotopic (exact) mass is 473 g/mol. The van der Waals surface area contributed by atoms with Gasteiger partial charge in [0.1, 0.15) is 23.6 Å². The quantitative estimate of drug-likeness (QED) is 0.551. The molecular formula is C25H28FN9. The van der Waals surface area contributed by atoms with Gasteiger partial charge in [-0.05, 0) is 27.0 Å². The van der Waals surface area contributed by atoms with Crippen molar-refractivity contribution in [1.29, 1.82) is 0 Å². The second-order valence-corrected chi connectivity index (χ2v) is 8.46. The number of nitrogens with one attached hydrogen (secondary N) is 2. The predicted octanol–water partition coefficient (Wildman–Crippen LogP) is 3.47. The van der Waals surface area contributed by atoms with Gasteiger partial charge in [-0.15, -0.1) is 0 Å². The molecule has 180 valence electrons. The van der Waals surface area contributed by atoms with E-state index in [1.54, 1.807) is 30.9 Å². The summed E-state index contributed by atoms with van der Waals surface area (Å²) < 4.78 is 15.9. The largest absolute Gasteiger partial charge is 0.364 e. The average Bonchev–Trinajstić information content (AvgIpc) is 3.32. The molecule has 10 heteroatoms. The third kappa shape index (κ3) is 4.32. The molecule has 1 fully saturated rings. The number of allylic oxidation sites excluding steroid dienone is 3. The van der Waals surface area contributed by atoms with E-state index in [1.165, 1.54) is 0 Å². The van der Waals surface area contributed by atoms with Gasteiger partial charge in [0.05, 0.1) is 23.0 Å². The Hall–Kier alpha value is -3.92. The van der Waals surface area contributed by atoms with E-state index in [1.807, 2.05) is 26.0 Å². The number of hydrogen-bond donors (Lipinski definition) is 2. The SMILES string of the molecule is C\C=C(/C=N/C=C/C)c1ncc2c(c1F)C(c1nc3c(N4CCN(C)CC4)nccc3[nH]1)=NCN2. The van der Waals surface area contributed by atoms with Crippen LogP contribution in [0.4, 0.5) is 15.9 Å². The van der Waals surface area contributed by atoms with Gasteiger partial charge in [0.25, 0.3) is 0 Å². The fraction of sp³-hybridized carbons (Fsp3) is 0.320. The Morgan fingerprint density at radius 3 is 2.77 bits per heavy atom. The molecule has 0 spiro atoms. The summed E-state index contributed by atoms with van der Waals surface area (Å²) in [5.41, 5.74) is 3.78. The van der Waals surface area contributed by atoms with Crippen molar-refractivity contribution in [3.8, 4) is 0 Å². The van der Waals surface area contributed by atoms with E-state index in [0.717, 1.165) is 43.0 Å². The fourth-order valence-corrected chi connectivity index (χ4v) is 4.29. The van der Waals surface area contributed by atoms with Crippen molar-refractivity contribution in [3.63, 3.8) is 0 Å². The standard InChI is InChI=1S/C25H28FN9/c1-4-7-27-13-16(5-2)21-20(26)19-18(14-29-21)30-15-31-23(19)24-32-17-6-8-28-25(22(17)33-24)35-11-9-34(3)10-12-35/h4-8,13-14,30H,9-12,15H2,1-3H3,(H,32,33)/b7-4+,16-5+,27-13+. The number of anilines is 2. The molecule has 2 aliphatic rings. The molecule has 0 unspecified atom stereocenters. The van der Waals surface area contributed by atoms with Crippen molar-refractivity contribution >= 4 is 40.0 Å². The lowest BCUT2D eigenvalue weighted by molar-refractivity contribution is 0.312. The van der Waals surface area contributed by atoms with Gasteiger partial charge in [0.2, 0.25) is 0 Å². The Kier molecular flexibility index (Phi) is 6.37. The fourth-order valence-electron chi connectivity index (χ4n) is 4.29. The summed E-state index contributed by atoms with van der Waals surface area (Å²) in [6, 6.07) is 1.89. The van der Waals surface area contributed by atoms with Crippen molar-refractivity contribution in [3.05, 3.63) is 59.7 Å². The predicted molar refractivity (Wildman–Crippen MR) is 139 cm³/mol. The van der Waals surface area contributed by atoms with Crippen molar-refractivity contribution in [1.82, 2.24) is 24.8 Å². The number of rotatable bonds is 5. The van der Waals surface area contributed by atoms with E-state index in [4.69, 9.17) is 4.98 Å². The molecule has 35 heavy (non-hydrogen) atoms. The Morgan fingerprint density at radius 2 is 2.00 bits per heavy atom. The Morgan fingerprint density at radius 1 is 1.17 bits per heavy atom. The Labute approximate surface area is 203 Å². The van der Waals surface area contributed by atoms with Crippen LogP contribution >= 0.6 is 0 Å². The number of nitrogens with zero attached hydrogens (tertiary/aromatic N) is 7. The third-order valence-corrected chi connectivity index (χ3v) is 6.20. The summed E-state index contributed by atoms with van der Waals surface area (Å²) in [5, 5.41) is 3.12. The van der Waals surface area contributed by atoms with Crippen LogP contribution in [0.2, 0.25) is 0 Å².